The highest BCUT2D eigenvalue weighted by Crippen LogP contribution is 2.19. The van der Waals surface area contributed by atoms with E-state index in [4.69, 9.17) is 0 Å². The van der Waals surface area contributed by atoms with Gasteiger partial charge >= 0.3 is 0 Å². The van der Waals surface area contributed by atoms with Gasteiger partial charge in [0.25, 0.3) is 0 Å². The SMILES string of the molecule is C=C=C1C(=C)N(CC)CCN1C. The third-order valence-electron chi connectivity index (χ3n) is 2.29. The lowest BCUT2D eigenvalue weighted by Gasteiger charge is -2.37. The van der Waals surface area contributed by atoms with Crippen LogP contribution in [0.15, 0.2) is 30.3 Å². The van der Waals surface area contributed by atoms with Crippen LogP contribution in [0, 0.1) is 0 Å². The maximum Gasteiger partial charge on any atom is 0.102 e. The maximum atomic E-state index is 4.01. The monoisotopic (exact) mass is 164 g/mol. The average molecular weight is 164 g/mol. The first-order valence-electron chi connectivity index (χ1n) is 4.26. The van der Waals surface area contributed by atoms with E-state index in [1.807, 2.05) is 7.05 Å². The number of rotatable bonds is 1. The van der Waals surface area contributed by atoms with Crippen molar-refractivity contribution >= 4 is 0 Å². The second kappa shape index (κ2) is 3.51. The van der Waals surface area contributed by atoms with Gasteiger partial charge in [-0.15, -0.1) is 5.73 Å². The first kappa shape index (κ1) is 8.95. The molecule has 12 heavy (non-hydrogen) atoms. The summed E-state index contributed by atoms with van der Waals surface area (Å²) in [4.78, 5) is 4.38. The van der Waals surface area contributed by atoms with E-state index < -0.39 is 0 Å². The Balaban J connectivity index is 2.85. The number of nitrogens with zero attached hydrogens (tertiary/aromatic N) is 2. The minimum atomic E-state index is 1.01. The minimum absolute atomic E-state index is 1.01. The molecule has 0 aromatic heterocycles. The molecule has 0 radical (unpaired) electrons. The number of hydrogen-bond donors (Lipinski definition) is 0. The summed E-state index contributed by atoms with van der Waals surface area (Å²) in [6, 6.07) is 0. The zero-order valence-electron chi connectivity index (χ0n) is 7.93. The zero-order chi connectivity index (χ0) is 9.14. The summed E-state index contributed by atoms with van der Waals surface area (Å²) in [7, 11) is 2.05. The molecule has 1 saturated heterocycles. The third kappa shape index (κ3) is 1.39. The molecule has 0 atom stereocenters. The van der Waals surface area contributed by atoms with Crippen molar-refractivity contribution in [3.63, 3.8) is 0 Å². The first-order chi connectivity index (χ1) is 5.70. The molecule has 2 heteroatoms. The van der Waals surface area contributed by atoms with Crippen molar-refractivity contribution in [2.75, 3.05) is 26.7 Å². The van der Waals surface area contributed by atoms with Gasteiger partial charge in [-0.3, -0.25) is 0 Å². The van der Waals surface area contributed by atoms with E-state index in [-0.39, 0.29) is 0 Å². The van der Waals surface area contributed by atoms with Gasteiger partial charge in [-0.25, -0.2) is 0 Å². The quantitative estimate of drug-likeness (QED) is 0.541. The van der Waals surface area contributed by atoms with Crippen LogP contribution in [0.5, 0.6) is 0 Å². The fraction of sp³-hybridized carbons (Fsp3) is 0.500. The van der Waals surface area contributed by atoms with Gasteiger partial charge in [0.1, 0.15) is 5.70 Å². The van der Waals surface area contributed by atoms with Crippen molar-refractivity contribution < 1.29 is 0 Å². The second-order valence-electron chi connectivity index (χ2n) is 2.97. The highest BCUT2D eigenvalue weighted by atomic mass is 15.3. The standard InChI is InChI=1S/C10H16N2/c1-5-10-9(3)12(6-2)8-7-11(10)4/h1,3,6-8H2,2,4H3. The van der Waals surface area contributed by atoms with E-state index in [1.54, 1.807) is 0 Å². The smallest absolute Gasteiger partial charge is 0.102 e. The largest absolute Gasteiger partial charge is 0.368 e. The number of likely N-dealkylation sites (N-methyl/N-ethyl adjacent to an activating group) is 2. The Bertz CT molecular complexity index is 236. The van der Waals surface area contributed by atoms with Gasteiger partial charge in [-0.05, 0) is 6.92 Å². The molecule has 0 N–H and O–H groups in total. The fourth-order valence-corrected chi connectivity index (χ4v) is 1.47. The lowest BCUT2D eigenvalue weighted by Crippen LogP contribution is -2.40. The molecule has 0 aromatic carbocycles. The summed E-state index contributed by atoms with van der Waals surface area (Å²) in [5, 5.41) is 0. The summed E-state index contributed by atoms with van der Waals surface area (Å²) in [5.74, 6) is 0. The Hall–Kier alpha value is -1.14. The molecule has 0 aromatic rings. The van der Waals surface area contributed by atoms with Crippen LogP contribution < -0.4 is 0 Å². The molecule has 1 aliphatic heterocycles. The summed E-state index contributed by atoms with van der Waals surface area (Å²) in [6.45, 7) is 12.9. The Kier molecular flexibility index (Phi) is 2.61. The Morgan fingerprint density at radius 1 is 1.50 bits per heavy atom. The van der Waals surface area contributed by atoms with Crippen molar-refractivity contribution in [1.82, 2.24) is 9.80 Å². The number of hydrogen-bond acceptors (Lipinski definition) is 2. The van der Waals surface area contributed by atoms with Crippen molar-refractivity contribution in [2.24, 2.45) is 0 Å². The van der Waals surface area contributed by atoms with Gasteiger partial charge in [0.2, 0.25) is 0 Å². The minimum Gasteiger partial charge on any atom is -0.368 e. The van der Waals surface area contributed by atoms with Gasteiger partial charge < -0.3 is 9.80 Å². The summed E-state index contributed by atoms with van der Waals surface area (Å²) in [5.41, 5.74) is 4.99. The summed E-state index contributed by atoms with van der Waals surface area (Å²) >= 11 is 0. The van der Waals surface area contributed by atoms with E-state index in [0.29, 0.717) is 0 Å². The van der Waals surface area contributed by atoms with Crippen molar-refractivity contribution in [1.29, 1.82) is 0 Å². The van der Waals surface area contributed by atoms with Crippen LogP contribution in [-0.4, -0.2) is 36.5 Å². The van der Waals surface area contributed by atoms with E-state index >= 15 is 0 Å². The molecule has 0 bridgehead atoms. The van der Waals surface area contributed by atoms with Crippen LogP contribution >= 0.6 is 0 Å². The average Bonchev–Trinajstić information content (AvgIpc) is 2.06. The Labute approximate surface area is 74.5 Å². The van der Waals surface area contributed by atoms with Crippen LogP contribution in [0.25, 0.3) is 0 Å². The molecule has 2 nitrogen and oxygen atoms in total. The lowest BCUT2D eigenvalue weighted by molar-refractivity contribution is 0.253. The van der Waals surface area contributed by atoms with E-state index in [9.17, 15) is 0 Å². The van der Waals surface area contributed by atoms with Crippen LogP contribution in [0.4, 0.5) is 0 Å². The molecule has 66 valence electrons. The summed E-state index contributed by atoms with van der Waals surface area (Å²) < 4.78 is 0. The molecular weight excluding hydrogens is 148 g/mol. The molecule has 0 aliphatic carbocycles. The molecule has 1 heterocycles. The third-order valence-corrected chi connectivity index (χ3v) is 2.29. The first-order valence-corrected chi connectivity index (χ1v) is 4.26. The highest BCUT2D eigenvalue weighted by molar-refractivity contribution is 5.26. The van der Waals surface area contributed by atoms with Gasteiger partial charge in [-0.2, -0.15) is 0 Å². The summed E-state index contributed by atoms with van der Waals surface area (Å²) in [6.07, 6.45) is 0. The molecule has 0 unspecified atom stereocenters. The van der Waals surface area contributed by atoms with E-state index in [1.165, 1.54) is 0 Å². The van der Waals surface area contributed by atoms with Crippen molar-refractivity contribution in [3.8, 4) is 0 Å². The predicted octanol–water partition coefficient (Wildman–Crippen LogP) is 1.44. The van der Waals surface area contributed by atoms with Crippen molar-refractivity contribution in [2.45, 2.75) is 6.92 Å². The van der Waals surface area contributed by atoms with Crippen molar-refractivity contribution in [3.05, 3.63) is 30.3 Å². The van der Waals surface area contributed by atoms with Gasteiger partial charge in [-0.1, -0.05) is 13.2 Å². The Morgan fingerprint density at radius 2 is 2.17 bits per heavy atom. The molecule has 0 saturated carbocycles. The highest BCUT2D eigenvalue weighted by Gasteiger charge is 2.19. The van der Waals surface area contributed by atoms with Crippen LogP contribution in [0.3, 0.4) is 0 Å². The molecule has 0 spiro atoms. The van der Waals surface area contributed by atoms with E-state index in [2.05, 4.69) is 35.6 Å². The molecular formula is C10H16N2. The Morgan fingerprint density at radius 3 is 2.67 bits per heavy atom. The number of piperazine rings is 1. The van der Waals surface area contributed by atoms with Gasteiger partial charge in [0, 0.05) is 26.7 Å². The van der Waals surface area contributed by atoms with E-state index in [0.717, 1.165) is 31.0 Å². The molecule has 1 fully saturated rings. The lowest BCUT2D eigenvalue weighted by atomic mass is 10.2. The fourth-order valence-electron chi connectivity index (χ4n) is 1.47. The topological polar surface area (TPSA) is 6.48 Å². The van der Waals surface area contributed by atoms with Crippen LogP contribution in [-0.2, 0) is 0 Å². The van der Waals surface area contributed by atoms with Crippen LogP contribution in [0.1, 0.15) is 6.92 Å². The zero-order valence-corrected chi connectivity index (χ0v) is 7.93. The van der Waals surface area contributed by atoms with Crippen LogP contribution in [0.2, 0.25) is 0 Å². The predicted molar refractivity (Wildman–Crippen MR) is 51.7 cm³/mol. The van der Waals surface area contributed by atoms with Gasteiger partial charge in [0.05, 0.1) is 5.70 Å². The second-order valence-corrected chi connectivity index (χ2v) is 2.97. The normalized spacial score (nSPS) is 18.2. The molecule has 0 amide bonds. The molecule has 1 rings (SSSR count). The molecule has 1 aliphatic rings. The van der Waals surface area contributed by atoms with Gasteiger partial charge in [0.15, 0.2) is 0 Å². The maximum absolute atomic E-state index is 4.01.